The molecule has 4 nitrogen and oxygen atoms in total. The first-order valence-electron chi connectivity index (χ1n) is 9.15. The van der Waals surface area contributed by atoms with E-state index in [0.717, 1.165) is 44.9 Å². The molecule has 0 heterocycles. The molecule has 0 aliphatic carbocycles. The van der Waals surface area contributed by atoms with Crippen LogP contribution >= 0.6 is 0 Å². The molecule has 2 atom stereocenters. The summed E-state index contributed by atoms with van der Waals surface area (Å²) < 4.78 is 0. The Morgan fingerprint density at radius 1 is 0.739 bits per heavy atom. The van der Waals surface area contributed by atoms with Gasteiger partial charge >= 0.3 is 5.97 Å². The van der Waals surface area contributed by atoms with Crippen molar-refractivity contribution in [3.05, 3.63) is 0 Å². The average Bonchev–Trinajstić information content (AvgIpc) is 2.49. The number of aliphatic hydroxyl groups excluding tert-OH is 2. The number of unbranched alkanes of at least 4 members (excludes halogenated alkanes) is 9. The van der Waals surface area contributed by atoms with Crippen LogP contribution in [0.2, 0.25) is 0 Å². The fourth-order valence-electron chi connectivity index (χ4n) is 2.68. The van der Waals surface area contributed by atoms with Crippen molar-refractivity contribution >= 4 is 35.5 Å². The molecule has 0 amide bonds. The molecule has 0 aromatic carbocycles. The van der Waals surface area contributed by atoms with Crippen LogP contribution in [0, 0.1) is 0 Å². The van der Waals surface area contributed by atoms with Crippen LogP contribution in [0.1, 0.15) is 96.8 Å². The summed E-state index contributed by atoms with van der Waals surface area (Å²) in [4.78, 5) is 10.4. The molecule has 0 aliphatic rings. The molecule has 0 rings (SSSR count). The summed E-state index contributed by atoms with van der Waals surface area (Å²) in [5.41, 5.74) is 0. The zero-order valence-corrected chi connectivity index (χ0v) is 17.3. The van der Waals surface area contributed by atoms with E-state index < -0.39 is 18.2 Å². The van der Waals surface area contributed by atoms with Crippen LogP contribution in [0.3, 0.4) is 0 Å². The first-order valence-corrected chi connectivity index (χ1v) is 9.15. The van der Waals surface area contributed by atoms with Crippen molar-refractivity contribution in [1.29, 1.82) is 0 Å². The van der Waals surface area contributed by atoms with Crippen molar-refractivity contribution in [2.75, 3.05) is 0 Å². The molecule has 0 aliphatic heterocycles. The fourth-order valence-corrected chi connectivity index (χ4v) is 2.68. The number of rotatable bonds is 16. The second-order valence-electron chi connectivity index (χ2n) is 6.39. The van der Waals surface area contributed by atoms with Crippen LogP contribution in [0.5, 0.6) is 0 Å². The predicted octanol–water partition coefficient (Wildman–Crippen LogP) is 3.89. The first kappa shape index (κ1) is 25.6. The second kappa shape index (κ2) is 18.7. The van der Waals surface area contributed by atoms with Gasteiger partial charge in [0.2, 0.25) is 0 Å². The summed E-state index contributed by atoms with van der Waals surface area (Å²) in [6.45, 7) is 2.20. The molecule has 0 spiro atoms. The van der Waals surface area contributed by atoms with Crippen molar-refractivity contribution in [2.24, 2.45) is 0 Å². The smallest absolute Gasteiger partial charge is 0.303 e. The number of hydrogen-bond acceptors (Lipinski definition) is 3. The van der Waals surface area contributed by atoms with Crippen LogP contribution in [0.15, 0.2) is 0 Å². The van der Waals surface area contributed by atoms with Gasteiger partial charge in [-0.2, -0.15) is 0 Å². The van der Waals surface area contributed by atoms with Gasteiger partial charge in [-0.3, -0.25) is 4.79 Å². The molecular weight excluding hydrogens is 303 g/mol. The second-order valence-corrected chi connectivity index (χ2v) is 6.39. The van der Waals surface area contributed by atoms with Crippen LogP contribution < -0.4 is 0 Å². The summed E-state index contributed by atoms with van der Waals surface area (Å²) in [5, 5.41) is 28.3. The van der Waals surface area contributed by atoms with Gasteiger partial charge in [0.05, 0.1) is 12.2 Å². The zero-order valence-electron chi connectivity index (χ0n) is 15.3. The Labute approximate surface area is 164 Å². The van der Waals surface area contributed by atoms with Gasteiger partial charge in [0.25, 0.3) is 0 Å². The Bertz CT molecular complexity index is 261. The van der Waals surface area contributed by atoms with Crippen molar-refractivity contribution in [3.63, 3.8) is 0 Å². The fraction of sp³-hybridized carbons (Fsp3) is 0.944. The quantitative estimate of drug-likeness (QED) is 0.294. The van der Waals surface area contributed by atoms with E-state index in [-0.39, 0.29) is 36.0 Å². The maximum Gasteiger partial charge on any atom is 0.303 e. The monoisotopic (exact) mass is 339 g/mol. The van der Waals surface area contributed by atoms with Gasteiger partial charge in [-0.15, -0.1) is 0 Å². The van der Waals surface area contributed by atoms with E-state index in [9.17, 15) is 15.0 Å². The van der Waals surface area contributed by atoms with E-state index in [1.54, 1.807) is 0 Å². The van der Waals surface area contributed by atoms with Gasteiger partial charge in [0, 0.05) is 36.0 Å². The molecule has 0 fully saturated rings. The van der Waals surface area contributed by atoms with Crippen LogP contribution in [0.25, 0.3) is 0 Å². The minimum atomic E-state index is -0.728. The zero-order chi connectivity index (χ0) is 16.6. The molecule has 2 unspecified atom stereocenters. The van der Waals surface area contributed by atoms with Crippen molar-refractivity contribution in [2.45, 2.75) is 109 Å². The van der Waals surface area contributed by atoms with Gasteiger partial charge in [-0.1, -0.05) is 71.1 Å². The maximum absolute atomic E-state index is 10.4. The number of carboxylic acid groups (broad SMARTS) is 1. The largest absolute Gasteiger partial charge is 0.481 e. The van der Waals surface area contributed by atoms with Crippen molar-refractivity contribution < 1.29 is 20.1 Å². The number of carboxylic acids is 1. The van der Waals surface area contributed by atoms with Crippen molar-refractivity contribution in [3.8, 4) is 0 Å². The molecule has 0 saturated heterocycles. The Hall–Kier alpha value is 0.390. The van der Waals surface area contributed by atoms with Crippen LogP contribution in [-0.4, -0.2) is 63.1 Å². The van der Waals surface area contributed by atoms with E-state index in [4.69, 9.17) is 5.11 Å². The van der Waals surface area contributed by atoms with E-state index in [1.165, 1.54) is 25.7 Å². The molecular formula is C18H36NaO4. The molecule has 3 N–H and O–H groups in total. The third kappa shape index (κ3) is 18.6. The normalized spacial score (nSPS) is 13.3. The van der Waals surface area contributed by atoms with E-state index in [1.807, 2.05) is 0 Å². The number of aliphatic carboxylic acids is 1. The molecule has 1 radical (unpaired) electrons. The number of hydrogen-bond donors (Lipinski definition) is 3. The van der Waals surface area contributed by atoms with Crippen LogP contribution in [0.4, 0.5) is 0 Å². The minimum Gasteiger partial charge on any atom is -0.481 e. The van der Waals surface area contributed by atoms with Gasteiger partial charge in [-0.25, -0.2) is 0 Å². The Morgan fingerprint density at radius 2 is 1.13 bits per heavy atom. The molecule has 0 aromatic rings. The Kier molecular flexibility index (Phi) is 20.9. The molecule has 5 heteroatoms. The minimum absolute atomic E-state index is 0. The van der Waals surface area contributed by atoms with Gasteiger partial charge in [0.1, 0.15) is 0 Å². The third-order valence-electron chi connectivity index (χ3n) is 4.19. The number of aliphatic hydroxyl groups is 2. The topological polar surface area (TPSA) is 77.8 Å². The molecule has 133 valence electrons. The molecule has 23 heavy (non-hydrogen) atoms. The summed E-state index contributed by atoms with van der Waals surface area (Å²) in [7, 11) is 0. The average molecular weight is 339 g/mol. The molecule has 0 saturated carbocycles. The standard InChI is InChI=1S/C18H36O4.Na/c1-2-3-4-5-7-10-13-16(19)17(20)14-11-8-6-9-12-15-18(21)22;/h16-17,19-20H,2-15H2,1H3,(H,21,22);. The molecule has 0 aromatic heterocycles. The SMILES string of the molecule is CCCCCCCCC(O)C(O)CCCCCCCC(=O)O.[Na]. The van der Waals surface area contributed by atoms with E-state index in [0.29, 0.717) is 12.8 Å². The Balaban J connectivity index is 0. The van der Waals surface area contributed by atoms with Crippen LogP contribution in [-0.2, 0) is 4.79 Å². The summed E-state index contributed by atoms with van der Waals surface area (Å²) in [6, 6.07) is 0. The van der Waals surface area contributed by atoms with E-state index >= 15 is 0 Å². The van der Waals surface area contributed by atoms with Gasteiger partial charge in [0.15, 0.2) is 0 Å². The predicted molar refractivity (Wildman–Crippen MR) is 95.7 cm³/mol. The summed E-state index contributed by atoms with van der Waals surface area (Å²) >= 11 is 0. The molecule has 0 bridgehead atoms. The third-order valence-corrected chi connectivity index (χ3v) is 4.19. The summed E-state index contributed by atoms with van der Waals surface area (Å²) in [5.74, 6) is -0.728. The van der Waals surface area contributed by atoms with Gasteiger partial charge < -0.3 is 15.3 Å². The number of carbonyl (C=O) groups is 1. The first-order chi connectivity index (χ1) is 10.6. The van der Waals surface area contributed by atoms with Crippen molar-refractivity contribution in [1.82, 2.24) is 0 Å². The summed E-state index contributed by atoms with van der Waals surface area (Å²) in [6.07, 6.45) is 12.2. The van der Waals surface area contributed by atoms with Gasteiger partial charge in [-0.05, 0) is 19.3 Å². The maximum atomic E-state index is 10.4. The van der Waals surface area contributed by atoms with E-state index in [2.05, 4.69) is 6.92 Å². The Morgan fingerprint density at radius 3 is 1.57 bits per heavy atom.